The highest BCUT2D eigenvalue weighted by atomic mass is 16.5. The molecule has 1 aliphatic carbocycles. The minimum absolute atomic E-state index is 0.00509. The van der Waals surface area contributed by atoms with Crippen LogP contribution in [-0.2, 0) is 6.42 Å². The smallest absolute Gasteiger partial charge is 0.317 e. The van der Waals surface area contributed by atoms with Gasteiger partial charge in [0.15, 0.2) is 0 Å². The fraction of sp³-hybridized carbons (Fsp3) is 0.448. The second kappa shape index (κ2) is 10.8. The zero-order chi connectivity index (χ0) is 26.8. The van der Waals surface area contributed by atoms with Crippen LogP contribution >= 0.6 is 0 Å². The van der Waals surface area contributed by atoms with Crippen LogP contribution in [0.2, 0.25) is 0 Å². The number of nitrogens with zero attached hydrogens (tertiary/aromatic N) is 5. The Balaban J connectivity index is 1.31. The molecule has 0 radical (unpaired) electrons. The summed E-state index contributed by atoms with van der Waals surface area (Å²) in [6.45, 7) is 5.39. The number of piperidine rings is 1. The Kier molecular flexibility index (Phi) is 7.34. The van der Waals surface area contributed by atoms with Gasteiger partial charge in [-0.3, -0.25) is 0 Å². The molecular formula is C29H34N6O3. The van der Waals surface area contributed by atoms with Gasteiger partial charge in [0.05, 0.1) is 17.7 Å². The lowest BCUT2D eigenvalue weighted by Gasteiger charge is -2.35. The van der Waals surface area contributed by atoms with E-state index >= 15 is 0 Å². The molecule has 9 heteroatoms. The Morgan fingerprint density at radius 3 is 2.71 bits per heavy atom. The van der Waals surface area contributed by atoms with Crippen molar-refractivity contribution < 1.29 is 14.1 Å². The predicted octanol–water partition coefficient (Wildman–Crippen LogP) is 4.79. The van der Waals surface area contributed by atoms with Crippen LogP contribution in [0.1, 0.15) is 55.8 Å². The van der Waals surface area contributed by atoms with Gasteiger partial charge in [-0.1, -0.05) is 23.4 Å². The fourth-order valence-corrected chi connectivity index (χ4v) is 5.40. The SMILES string of the molecule is CC(C)Oc1ccc(-c2nc(-c3cccc4c3CC[C@H]4NC(=O)N3CCC(N(C)C)CC3)no2)cc1C#N. The highest BCUT2D eigenvalue weighted by Gasteiger charge is 2.30. The Morgan fingerprint density at radius 1 is 1.21 bits per heavy atom. The molecular weight excluding hydrogens is 480 g/mol. The van der Waals surface area contributed by atoms with Crippen LogP contribution in [0.5, 0.6) is 5.75 Å². The summed E-state index contributed by atoms with van der Waals surface area (Å²) in [6, 6.07) is 14.0. The van der Waals surface area contributed by atoms with Crippen LogP contribution in [0.4, 0.5) is 4.79 Å². The maximum absolute atomic E-state index is 13.0. The van der Waals surface area contributed by atoms with E-state index in [-0.39, 0.29) is 18.2 Å². The molecule has 5 rings (SSSR count). The topological polar surface area (TPSA) is 108 Å². The minimum Gasteiger partial charge on any atom is -0.490 e. The second-order valence-corrected chi connectivity index (χ2v) is 10.5. The number of likely N-dealkylation sites (tertiary alicyclic amines) is 1. The number of aromatic nitrogens is 2. The summed E-state index contributed by atoms with van der Waals surface area (Å²) < 4.78 is 11.3. The van der Waals surface area contributed by atoms with Gasteiger partial charge < -0.3 is 24.4 Å². The van der Waals surface area contributed by atoms with Gasteiger partial charge >= 0.3 is 6.03 Å². The van der Waals surface area contributed by atoms with Crippen LogP contribution in [0, 0.1) is 11.3 Å². The average Bonchev–Trinajstić information content (AvgIpc) is 3.56. The summed E-state index contributed by atoms with van der Waals surface area (Å²) in [4.78, 5) is 21.8. The molecule has 1 aliphatic heterocycles. The number of nitriles is 1. The Hall–Kier alpha value is -3.90. The zero-order valence-electron chi connectivity index (χ0n) is 22.4. The van der Waals surface area contributed by atoms with Crippen molar-refractivity contribution >= 4 is 6.03 Å². The molecule has 38 heavy (non-hydrogen) atoms. The summed E-state index contributed by atoms with van der Waals surface area (Å²) in [5.74, 6) is 1.37. The van der Waals surface area contributed by atoms with Crippen molar-refractivity contribution in [1.82, 2.24) is 25.3 Å². The Labute approximate surface area is 223 Å². The first kappa shape index (κ1) is 25.7. The van der Waals surface area contributed by atoms with Gasteiger partial charge in [-0.15, -0.1) is 0 Å². The molecule has 0 spiro atoms. The summed E-state index contributed by atoms with van der Waals surface area (Å²) >= 11 is 0. The van der Waals surface area contributed by atoms with Crippen LogP contribution in [-0.4, -0.2) is 65.3 Å². The molecule has 9 nitrogen and oxygen atoms in total. The van der Waals surface area contributed by atoms with Gasteiger partial charge in [0.1, 0.15) is 11.8 Å². The van der Waals surface area contributed by atoms with Crippen molar-refractivity contribution in [1.29, 1.82) is 5.26 Å². The van der Waals surface area contributed by atoms with Gasteiger partial charge in [0.25, 0.3) is 5.89 Å². The van der Waals surface area contributed by atoms with Crippen molar-refractivity contribution in [3.8, 4) is 34.7 Å². The summed E-state index contributed by atoms with van der Waals surface area (Å²) in [5, 5.41) is 17.1. The van der Waals surface area contributed by atoms with Crippen molar-refractivity contribution in [2.45, 2.75) is 57.7 Å². The number of benzene rings is 2. The van der Waals surface area contributed by atoms with Crippen molar-refractivity contribution in [3.05, 3.63) is 53.1 Å². The van der Waals surface area contributed by atoms with Gasteiger partial charge in [-0.05, 0) is 83.0 Å². The number of hydrogen-bond donors (Lipinski definition) is 1. The Bertz CT molecular complexity index is 1350. The predicted molar refractivity (Wildman–Crippen MR) is 144 cm³/mol. The fourth-order valence-electron chi connectivity index (χ4n) is 5.40. The van der Waals surface area contributed by atoms with E-state index in [2.05, 4.69) is 46.6 Å². The maximum Gasteiger partial charge on any atom is 0.317 e. The van der Waals surface area contributed by atoms with E-state index in [1.807, 2.05) is 36.9 Å². The monoisotopic (exact) mass is 514 g/mol. The number of carbonyl (C=O) groups is 1. The van der Waals surface area contributed by atoms with E-state index in [0.717, 1.165) is 55.5 Å². The lowest BCUT2D eigenvalue weighted by Crippen LogP contribution is -2.48. The molecule has 1 fully saturated rings. The van der Waals surface area contributed by atoms with Crippen molar-refractivity contribution in [2.24, 2.45) is 0 Å². The minimum atomic E-state index is -0.0397. The molecule has 198 valence electrons. The van der Waals surface area contributed by atoms with Gasteiger partial charge in [0.2, 0.25) is 5.82 Å². The maximum atomic E-state index is 13.0. The number of rotatable bonds is 6. The van der Waals surface area contributed by atoms with Crippen LogP contribution in [0.15, 0.2) is 40.9 Å². The number of fused-ring (bicyclic) bond motifs is 1. The summed E-state index contributed by atoms with van der Waals surface area (Å²) in [5.41, 5.74) is 4.22. The standard InChI is InChI=1S/C29H34N6O3/c1-18(2)37-26-11-8-19(16-20(26)17-30)28-32-27(33-38-28)24-7-5-6-23-22(24)9-10-25(23)31-29(36)35-14-12-21(13-15-35)34(3)4/h5-8,11,16,18,21,25H,9-10,12-15H2,1-4H3,(H,31,36)/t25-/m1/s1. The van der Waals surface area contributed by atoms with Crippen molar-refractivity contribution in [2.75, 3.05) is 27.2 Å². The van der Waals surface area contributed by atoms with E-state index < -0.39 is 0 Å². The third-order valence-corrected chi connectivity index (χ3v) is 7.43. The van der Waals surface area contributed by atoms with E-state index in [0.29, 0.717) is 34.6 Å². The van der Waals surface area contributed by atoms with E-state index in [9.17, 15) is 10.1 Å². The average molecular weight is 515 g/mol. The van der Waals surface area contributed by atoms with Crippen LogP contribution in [0.3, 0.4) is 0 Å². The van der Waals surface area contributed by atoms with E-state index in [1.165, 1.54) is 0 Å². The van der Waals surface area contributed by atoms with Crippen LogP contribution < -0.4 is 10.1 Å². The van der Waals surface area contributed by atoms with E-state index in [1.54, 1.807) is 12.1 Å². The molecule has 0 unspecified atom stereocenters. The molecule has 1 saturated heterocycles. The molecule has 2 heterocycles. The first-order valence-electron chi connectivity index (χ1n) is 13.2. The first-order chi connectivity index (χ1) is 18.3. The largest absolute Gasteiger partial charge is 0.490 e. The number of urea groups is 1. The third-order valence-electron chi connectivity index (χ3n) is 7.43. The van der Waals surface area contributed by atoms with Gasteiger partial charge in [-0.25, -0.2) is 4.79 Å². The quantitative estimate of drug-likeness (QED) is 0.504. The van der Waals surface area contributed by atoms with Gasteiger partial charge in [0, 0.05) is 30.3 Å². The van der Waals surface area contributed by atoms with E-state index in [4.69, 9.17) is 9.26 Å². The highest BCUT2D eigenvalue weighted by Crippen LogP contribution is 2.38. The molecule has 1 aromatic heterocycles. The molecule has 0 saturated carbocycles. The highest BCUT2D eigenvalue weighted by molar-refractivity contribution is 5.76. The lowest BCUT2D eigenvalue weighted by atomic mass is 10.0. The normalized spacial score (nSPS) is 17.5. The molecule has 2 aliphatic rings. The number of nitrogens with one attached hydrogen (secondary N) is 1. The van der Waals surface area contributed by atoms with Crippen LogP contribution in [0.25, 0.3) is 22.8 Å². The molecule has 3 aromatic rings. The number of carbonyl (C=O) groups excluding carboxylic acids is 1. The third kappa shape index (κ3) is 5.22. The number of ether oxygens (including phenoxy) is 1. The van der Waals surface area contributed by atoms with Gasteiger partial charge in [-0.2, -0.15) is 10.2 Å². The second-order valence-electron chi connectivity index (χ2n) is 10.5. The van der Waals surface area contributed by atoms with Crippen molar-refractivity contribution in [3.63, 3.8) is 0 Å². The molecule has 2 aromatic carbocycles. The summed E-state index contributed by atoms with van der Waals surface area (Å²) in [7, 11) is 4.20. The summed E-state index contributed by atoms with van der Waals surface area (Å²) in [6.07, 6.45) is 3.61. The molecule has 1 N–H and O–H groups in total. The molecule has 2 amide bonds. The molecule has 1 atom stereocenters. The lowest BCUT2D eigenvalue weighted by molar-refractivity contribution is 0.146. The number of amides is 2. The zero-order valence-corrected chi connectivity index (χ0v) is 22.4. The Morgan fingerprint density at radius 2 is 2.00 bits per heavy atom. The first-order valence-corrected chi connectivity index (χ1v) is 13.2. The molecule has 0 bridgehead atoms. The number of hydrogen-bond acceptors (Lipinski definition) is 7.